The second-order valence-electron chi connectivity index (χ2n) is 6.98. The summed E-state index contributed by atoms with van der Waals surface area (Å²) in [6, 6.07) is 24.8. The van der Waals surface area contributed by atoms with E-state index in [1.807, 2.05) is 67.6 Å². The second kappa shape index (κ2) is 8.13. The van der Waals surface area contributed by atoms with Crippen LogP contribution in [0.5, 0.6) is 0 Å². The third kappa shape index (κ3) is 4.05. The van der Waals surface area contributed by atoms with E-state index < -0.39 is 9.84 Å². The van der Waals surface area contributed by atoms with Gasteiger partial charge in [-0.3, -0.25) is 0 Å². The lowest BCUT2D eigenvalue weighted by molar-refractivity contribution is 0.593. The van der Waals surface area contributed by atoms with Crippen LogP contribution in [-0.2, 0) is 9.84 Å². The molecule has 0 aliphatic heterocycles. The minimum atomic E-state index is -3.32. The Kier molecular flexibility index (Phi) is 5.41. The quantitative estimate of drug-likeness (QED) is 0.425. The van der Waals surface area contributed by atoms with Crippen LogP contribution in [0.3, 0.4) is 0 Å². The molecule has 29 heavy (non-hydrogen) atoms. The fraction of sp³-hybridized carbons (Fsp3) is 0.167. The third-order valence-electron chi connectivity index (χ3n) is 4.86. The molecule has 0 N–H and O–H groups in total. The summed E-state index contributed by atoms with van der Waals surface area (Å²) < 4.78 is 25.3. The van der Waals surface area contributed by atoms with Gasteiger partial charge in [0.2, 0.25) is 0 Å². The number of sulfone groups is 1. The molecule has 5 heteroatoms. The molecule has 0 radical (unpaired) electrons. The number of unbranched alkanes of at least 4 members (excludes halogenated alkanes) is 1. The molecule has 0 saturated carbocycles. The molecule has 0 saturated heterocycles. The van der Waals surface area contributed by atoms with Gasteiger partial charge in [0.15, 0.2) is 9.84 Å². The van der Waals surface area contributed by atoms with Gasteiger partial charge in [-0.25, -0.2) is 18.4 Å². The van der Waals surface area contributed by atoms with Crippen LogP contribution in [0, 0.1) is 0 Å². The molecule has 0 atom stereocenters. The maximum absolute atomic E-state index is 12.6. The predicted molar refractivity (Wildman–Crippen MR) is 117 cm³/mol. The molecule has 0 aliphatic rings. The minimum Gasteiger partial charge on any atom is -0.244 e. The van der Waals surface area contributed by atoms with Crippen LogP contribution in [0.25, 0.3) is 33.5 Å². The average molecular weight is 403 g/mol. The van der Waals surface area contributed by atoms with Crippen molar-refractivity contribution in [1.29, 1.82) is 0 Å². The van der Waals surface area contributed by atoms with Crippen molar-refractivity contribution in [2.24, 2.45) is 0 Å². The van der Waals surface area contributed by atoms with E-state index in [0.717, 1.165) is 28.9 Å². The SMILES string of the molecule is CCCCS(=O)(=O)c1ccc2nc(-c3ccccc3)c(-c3ccccc3)nc2c1. The average Bonchev–Trinajstić information content (AvgIpc) is 2.77. The minimum absolute atomic E-state index is 0.149. The summed E-state index contributed by atoms with van der Waals surface area (Å²) in [5, 5.41) is 0. The van der Waals surface area contributed by atoms with Gasteiger partial charge in [0.05, 0.1) is 33.1 Å². The normalized spacial score (nSPS) is 11.6. The van der Waals surface area contributed by atoms with Gasteiger partial charge in [0, 0.05) is 11.1 Å². The van der Waals surface area contributed by atoms with Gasteiger partial charge >= 0.3 is 0 Å². The van der Waals surface area contributed by atoms with Crippen molar-refractivity contribution in [2.45, 2.75) is 24.7 Å². The van der Waals surface area contributed by atoms with Crippen LogP contribution >= 0.6 is 0 Å². The summed E-state index contributed by atoms with van der Waals surface area (Å²) in [4.78, 5) is 10.0. The first-order valence-corrected chi connectivity index (χ1v) is 11.4. The first-order valence-electron chi connectivity index (χ1n) is 9.74. The zero-order chi connectivity index (χ0) is 20.3. The van der Waals surface area contributed by atoms with Crippen LogP contribution in [-0.4, -0.2) is 24.1 Å². The summed E-state index contributed by atoms with van der Waals surface area (Å²) in [6.45, 7) is 1.98. The number of nitrogens with zero attached hydrogens (tertiary/aromatic N) is 2. The summed E-state index contributed by atoms with van der Waals surface area (Å²) >= 11 is 0. The summed E-state index contributed by atoms with van der Waals surface area (Å²) in [7, 11) is -3.32. The first-order chi connectivity index (χ1) is 14.1. The summed E-state index contributed by atoms with van der Waals surface area (Å²) in [6.07, 6.45) is 1.49. The molecular formula is C24H22N2O2S. The highest BCUT2D eigenvalue weighted by atomic mass is 32.2. The topological polar surface area (TPSA) is 59.9 Å². The Morgan fingerprint density at radius 2 is 1.28 bits per heavy atom. The molecule has 4 rings (SSSR count). The fourth-order valence-corrected chi connectivity index (χ4v) is 4.75. The molecule has 146 valence electrons. The van der Waals surface area contributed by atoms with E-state index in [1.165, 1.54) is 0 Å². The van der Waals surface area contributed by atoms with Gasteiger partial charge in [-0.2, -0.15) is 0 Å². The lowest BCUT2D eigenvalue weighted by Gasteiger charge is -2.11. The standard InChI is InChI=1S/C24H22N2O2S/c1-2-3-16-29(27,28)20-14-15-21-22(17-20)26-24(19-12-8-5-9-13-19)23(25-21)18-10-6-4-7-11-18/h4-15,17H,2-3,16H2,1H3. The Morgan fingerprint density at radius 1 is 0.724 bits per heavy atom. The molecule has 0 amide bonds. The van der Waals surface area contributed by atoms with Crippen LogP contribution in [0.2, 0.25) is 0 Å². The molecule has 0 unspecified atom stereocenters. The van der Waals surface area contributed by atoms with Gasteiger partial charge in [-0.1, -0.05) is 74.0 Å². The van der Waals surface area contributed by atoms with Crippen molar-refractivity contribution in [3.8, 4) is 22.5 Å². The van der Waals surface area contributed by atoms with E-state index in [-0.39, 0.29) is 5.75 Å². The molecule has 1 heterocycles. The van der Waals surface area contributed by atoms with Gasteiger partial charge in [0.1, 0.15) is 0 Å². The maximum atomic E-state index is 12.6. The maximum Gasteiger partial charge on any atom is 0.178 e. The highest BCUT2D eigenvalue weighted by Gasteiger charge is 2.17. The van der Waals surface area contributed by atoms with Gasteiger partial charge in [-0.15, -0.1) is 0 Å². The monoisotopic (exact) mass is 402 g/mol. The van der Waals surface area contributed by atoms with Gasteiger partial charge in [-0.05, 0) is 24.6 Å². The van der Waals surface area contributed by atoms with Crippen LogP contribution < -0.4 is 0 Å². The molecule has 4 nitrogen and oxygen atoms in total. The molecule has 0 bridgehead atoms. The molecule has 0 aliphatic carbocycles. The van der Waals surface area contributed by atoms with E-state index in [4.69, 9.17) is 9.97 Å². The van der Waals surface area contributed by atoms with Gasteiger partial charge in [0.25, 0.3) is 0 Å². The highest BCUT2D eigenvalue weighted by molar-refractivity contribution is 7.91. The second-order valence-corrected chi connectivity index (χ2v) is 9.08. The van der Waals surface area contributed by atoms with Crippen molar-refractivity contribution < 1.29 is 8.42 Å². The van der Waals surface area contributed by atoms with E-state index in [0.29, 0.717) is 22.3 Å². The summed E-state index contributed by atoms with van der Waals surface area (Å²) in [5.41, 5.74) is 4.71. The van der Waals surface area contributed by atoms with Crippen LogP contribution in [0.4, 0.5) is 0 Å². The number of aromatic nitrogens is 2. The highest BCUT2D eigenvalue weighted by Crippen LogP contribution is 2.31. The van der Waals surface area contributed by atoms with Crippen molar-refractivity contribution in [2.75, 3.05) is 5.75 Å². The van der Waals surface area contributed by atoms with Crippen molar-refractivity contribution in [3.05, 3.63) is 78.9 Å². The molecule has 0 spiro atoms. The van der Waals surface area contributed by atoms with E-state index >= 15 is 0 Å². The van der Waals surface area contributed by atoms with E-state index in [9.17, 15) is 8.42 Å². The molecule has 0 fully saturated rings. The Balaban J connectivity index is 1.92. The predicted octanol–water partition coefficient (Wildman–Crippen LogP) is 5.54. The fourth-order valence-electron chi connectivity index (χ4n) is 3.27. The molecule has 3 aromatic carbocycles. The summed E-state index contributed by atoms with van der Waals surface area (Å²) in [5.74, 6) is 0.149. The van der Waals surface area contributed by atoms with E-state index in [1.54, 1.807) is 18.2 Å². The number of benzene rings is 3. The Bertz CT molecular complexity index is 1240. The van der Waals surface area contributed by atoms with Crippen molar-refractivity contribution in [1.82, 2.24) is 9.97 Å². The largest absolute Gasteiger partial charge is 0.244 e. The molecular weight excluding hydrogens is 380 g/mol. The third-order valence-corrected chi connectivity index (χ3v) is 6.65. The number of hydrogen-bond acceptors (Lipinski definition) is 4. The number of rotatable bonds is 6. The van der Waals surface area contributed by atoms with Crippen molar-refractivity contribution in [3.63, 3.8) is 0 Å². The van der Waals surface area contributed by atoms with Gasteiger partial charge < -0.3 is 0 Å². The Labute approximate surface area is 171 Å². The first kappa shape index (κ1) is 19.3. The number of fused-ring (bicyclic) bond motifs is 1. The molecule has 4 aromatic rings. The van der Waals surface area contributed by atoms with Crippen LogP contribution in [0.15, 0.2) is 83.8 Å². The van der Waals surface area contributed by atoms with Crippen LogP contribution in [0.1, 0.15) is 19.8 Å². The smallest absolute Gasteiger partial charge is 0.178 e. The number of hydrogen-bond donors (Lipinski definition) is 0. The zero-order valence-electron chi connectivity index (χ0n) is 16.2. The van der Waals surface area contributed by atoms with E-state index in [2.05, 4.69) is 0 Å². The lowest BCUT2D eigenvalue weighted by atomic mass is 10.0. The lowest BCUT2D eigenvalue weighted by Crippen LogP contribution is -2.07. The molecule has 1 aromatic heterocycles. The van der Waals surface area contributed by atoms with Crippen molar-refractivity contribution >= 4 is 20.9 Å². The Morgan fingerprint density at radius 3 is 1.83 bits per heavy atom. The Hall–Kier alpha value is -3.05. The zero-order valence-corrected chi connectivity index (χ0v) is 17.1.